The summed E-state index contributed by atoms with van der Waals surface area (Å²) in [6.45, 7) is 1.78. The number of methoxy groups -OCH3 is 1. The summed E-state index contributed by atoms with van der Waals surface area (Å²) < 4.78 is 11.7. The van der Waals surface area contributed by atoms with E-state index in [-0.39, 0.29) is 12.1 Å². The minimum atomic E-state index is -1.02. The summed E-state index contributed by atoms with van der Waals surface area (Å²) in [5.74, 6) is -0.952. The number of nitriles is 1. The van der Waals surface area contributed by atoms with Gasteiger partial charge >= 0.3 is 17.9 Å². The van der Waals surface area contributed by atoms with Crippen molar-refractivity contribution in [3.63, 3.8) is 0 Å². The Morgan fingerprint density at radius 3 is 2.69 bits per heavy atom. The van der Waals surface area contributed by atoms with E-state index in [9.17, 15) is 19.6 Å². The van der Waals surface area contributed by atoms with Gasteiger partial charge in [-0.05, 0) is 67.8 Å². The lowest BCUT2D eigenvalue weighted by Gasteiger charge is -2.45. The van der Waals surface area contributed by atoms with Gasteiger partial charge in [0.25, 0.3) is 0 Å². The van der Waals surface area contributed by atoms with Gasteiger partial charge in [0.1, 0.15) is 5.71 Å². The lowest BCUT2D eigenvalue weighted by molar-refractivity contribution is -0.139. The first-order chi connectivity index (χ1) is 16.7. The number of amides is 3. The molecule has 1 aliphatic heterocycles. The number of pyridine rings is 1. The second-order valence-corrected chi connectivity index (χ2v) is 10.2. The van der Waals surface area contributed by atoms with Crippen LogP contribution in [0.25, 0.3) is 0 Å². The van der Waals surface area contributed by atoms with Gasteiger partial charge in [0.05, 0.1) is 18.6 Å². The van der Waals surface area contributed by atoms with E-state index in [0.717, 1.165) is 12.8 Å². The minimum Gasteiger partial charge on any atom is -0.481 e. The van der Waals surface area contributed by atoms with Crippen LogP contribution in [0.5, 0.6) is 5.88 Å². The number of hydrogen-bond acceptors (Lipinski definition) is 8. The van der Waals surface area contributed by atoms with E-state index in [1.54, 1.807) is 19.2 Å². The quantitative estimate of drug-likeness (QED) is 0.462. The third-order valence-electron chi connectivity index (χ3n) is 6.72. The molecule has 1 aromatic rings. The van der Waals surface area contributed by atoms with Crippen LogP contribution in [0.15, 0.2) is 21.8 Å². The third-order valence-corrected chi connectivity index (χ3v) is 7.35. The Morgan fingerprint density at radius 2 is 2.06 bits per heavy atom. The van der Waals surface area contributed by atoms with Gasteiger partial charge in [-0.15, -0.1) is 0 Å². The van der Waals surface area contributed by atoms with Crippen LogP contribution in [-0.4, -0.2) is 53.4 Å². The molecule has 2 fully saturated rings. The second kappa shape index (κ2) is 9.81. The molecule has 12 heteroatoms. The minimum absolute atomic E-state index is 0.0903. The zero-order chi connectivity index (χ0) is 25.2. The molecule has 0 saturated heterocycles. The highest BCUT2D eigenvalue weighted by atomic mass is 79.9. The molecule has 0 aromatic carbocycles. The van der Waals surface area contributed by atoms with Gasteiger partial charge < -0.3 is 20.1 Å². The Morgan fingerprint density at radius 1 is 1.34 bits per heavy atom. The SMILES string of the molecule is COc1cc(C2=NNC(=O)OC23CCC(C#N)(C[C@H](C)NC(=O)C(=O)NC2CC2)CC3)c(Br)cn1. The number of halogens is 1. The van der Waals surface area contributed by atoms with Crippen molar-refractivity contribution in [1.29, 1.82) is 5.26 Å². The Balaban J connectivity index is 1.48. The van der Waals surface area contributed by atoms with E-state index in [4.69, 9.17) is 9.47 Å². The summed E-state index contributed by atoms with van der Waals surface area (Å²) in [6, 6.07) is 3.84. The van der Waals surface area contributed by atoms with Crippen LogP contribution in [-0.2, 0) is 14.3 Å². The summed E-state index contributed by atoms with van der Waals surface area (Å²) in [4.78, 5) is 40.5. The number of nitrogens with zero attached hydrogens (tertiary/aromatic N) is 3. The van der Waals surface area contributed by atoms with Crippen LogP contribution in [0.2, 0.25) is 0 Å². The molecule has 186 valence electrons. The maximum absolute atomic E-state index is 12.2. The number of carbonyl (C=O) groups excluding carboxylic acids is 3. The third kappa shape index (κ3) is 5.40. The number of nitrogens with one attached hydrogen (secondary N) is 3. The fourth-order valence-corrected chi connectivity index (χ4v) is 5.11. The van der Waals surface area contributed by atoms with Crippen molar-refractivity contribution in [2.45, 2.75) is 69.6 Å². The van der Waals surface area contributed by atoms with Crippen molar-refractivity contribution in [3.05, 3.63) is 22.3 Å². The largest absolute Gasteiger partial charge is 0.481 e. The first-order valence-corrected chi connectivity index (χ1v) is 12.3. The molecule has 4 rings (SSSR count). The molecular weight excluding hydrogens is 520 g/mol. The molecule has 0 unspecified atom stereocenters. The molecule has 35 heavy (non-hydrogen) atoms. The predicted octanol–water partition coefficient (Wildman–Crippen LogP) is 2.29. The van der Waals surface area contributed by atoms with E-state index in [0.29, 0.717) is 53.7 Å². The standard InChI is InChI=1S/C23H27BrN6O5/c1-13(27-19(31)20(32)28-14-3-4-14)10-22(12-25)5-7-23(8-6-22)18(29-30-21(33)35-23)15-9-17(34-2)26-11-16(15)24/h9,11,13-14H,3-8,10H2,1-2H3,(H,27,31)(H,28,32)(H,30,33)/t13-,22?,23?/m0/s1. The average molecular weight is 547 g/mol. The molecule has 2 aliphatic carbocycles. The van der Waals surface area contributed by atoms with Crippen molar-refractivity contribution < 1.29 is 23.9 Å². The summed E-state index contributed by atoms with van der Waals surface area (Å²) in [7, 11) is 1.51. The van der Waals surface area contributed by atoms with Gasteiger partial charge in [-0.2, -0.15) is 10.4 Å². The Bertz CT molecular complexity index is 1100. The van der Waals surface area contributed by atoms with Crippen LogP contribution >= 0.6 is 15.9 Å². The molecule has 0 bridgehead atoms. The Labute approximate surface area is 211 Å². The van der Waals surface area contributed by atoms with Gasteiger partial charge in [0.15, 0.2) is 5.60 Å². The summed E-state index contributed by atoms with van der Waals surface area (Å²) in [5.41, 5.74) is 1.80. The van der Waals surface area contributed by atoms with Crippen molar-refractivity contribution in [1.82, 2.24) is 21.0 Å². The molecule has 11 nitrogen and oxygen atoms in total. The highest BCUT2D eigenvalue weighted by molar-refractivity contribution is 9.10. The van der Waals surface area contributed by atoms with E-state index in [2.05, 4.69) is 48.1 Å². The summed E-state index contributed by atoms with van der Waals surface area (Å²) in [5, 5.41) is 19.7. The topological polar surface area (TPSA) is 155 Å². The summed E-state index contributed by atoms with van der Waals surface area (Å²) in [6.07, 6.45) is 4.66. The number of hydrogen-bond donors (Lipinski definition) is 3. The van der Waals surface area contributed by atoms with Crippen molar-refractivity contribution >= 4 is 39.5 Å². The van der Waals surface area contributed by atoms with Crippen molar-refractivity contribution in [2.24, 2.45) is 10.5 Å². The number of hydrazone groups is 1. The molecule has 1 aromatic heterocycles. The predicted molar refractivity (Wildman–Crippen MR) is 127 cm³/mol. The normalized spacial score (nSPS) is 26.5. The first kappa shape index (κ1) is 24.9. The van der Waals surface area contributed by atoms with E-state index >= 15 is 0 Å². The maximum atomic E-state index is 12.2. The molecule has 3 amide bonds. The molecule has 2 heterocycles. The monoisotopic (exact) mass is 546 g/mol. The average Bonchev–Trinajstić information content (AvgIpc) is 3.65. The van der Waals surface area contributed by atoms with Gasteiger partial charge in [-0.1, -0.05) is 0 Å². The van der Waals surface area contributed by atoms with E-state index in [1.165, 1.54) is 7.11 Å². The lowest BCUT2D eigenvalue weighted by atomic mass is 9.65. The fourth-order valence-electron chi connectivity index (χ4n) is 4.71. The van der Waals surface area contributed by atoms with Gasteiger partial charge in [-0.25, -0.2) is 15.2 Å². The Kier molecular flexibility index (Phi) is 6.98. The van der Waals surface area contributed by atoms with Crippen LogP contribution in [0, 0.1) is 16.7 Å². The van der Waals surface area contributed by atoms with E-state index < -0.39 is 28.9 Å². The Hall–Kier alpha value is -3.20. The number of rotatable bonds is 6. The van der Waals surface area contributed by atoms with E-state index in [1.807, 2.05) is 0 Å². The number of carbonyl (C=O) groups is 3. The van der Waals surface area contributed by atoms with Gasteiger partial charge in [0.2, 0.25) is 5.88 Å². The van der Waals surface area contributed by atoms with Gasteiger partial charge in [-0.3, -0.25) is 9.59 Å². The van der Waals surface area contributed by atoms with Crippen molar-refractivity contribution in [2.75, 3.05) is 7.11 Å². The molecule has 2 saturated carbocycles. The smallest absolute Gasteiger partial charge is 0.428 e. The zero-order valence-electron chi connectivity index (χ0n) is 19.5. The second-order valence-electron chi connectivity index (χ2n) is 9.38. The van der Waals surface area contributed by atoms with Crippen LogP contribution in [0.4, 0.5) is 4.79 Å². The highest BCUT2D eigenvalue weighted by Gasteiger charge is 2.51. The highest BCUT2D eigenvalue weighted by Crippen LogP contribution is 2.47. The van der Waals surface area contributed by atoms with Crippen LogP contribution in [0.3, 0.4) is 0 Å². The molecule has 0 radical (unpaired) electrons. The molecular formula is C23H27BrN6O5. The summed E-state index contributed by atoms with van der Waals surface area (Å²) >= 11 is 3.49. The maximum Gasteiger partial charge on any atom is 0.428 e. The molecule has 1 atom stereocenters. The lowest BCUT2D eigenvalue weighted by Crippen LogP contribution is -2.54. The van der Waals surface area contributed by atoms with Crippen LogP contribution < -0.4 is 20.8 Å². The molecule has 3 aliphatic rings. The zero-order valence-corrected chi connectivity index (χ0v) is 21.1. The van der Waals surface area contributed by atoms with Gasteiger partial charge in [0, 0.05) is 34.4 Å². The fraction of sp³-hybridized carbons (Fsp3) is 0.565. The first-order valence-electron chi connectivity index (χ1n) is 11.5. The molecule has 3 N–H and O–H groups in total. The number of ether oxygens (including phenoxy) is 2. The van der Waals surface area contributed by atoms with Crippen molar-refractivity contribution in [3.8, 4) is 11.9 Å². The molecule has 1 spiro atoms. The van der Waals surface area contributed by atoms with Crippen LogP contribution in [0.1, 0.15) is 57.4 Å². The number of aromatic nitrogens is 1.